The lowest BCUT2D eigenvalue weighted by atomic mass is 10.2. The first-order valence-corrected chi connectivity index (χ1v) is 6.54. The standard InChI is InChI=1S/C15H13N3O4/c1-20-12-7-3-2-5-10(12)14-17-13(22-18-14)9-21-15(19)11-6-4-8-16-11/h2-8,16H,9H2,1H3. The van der Waals surface area contributed by atoms with Crippen LogP contribution in [0.15, 0.2) is 47.1 Å². The van der Waals surface area contributed by atoms with Gasteiger partial charge in [0.15, 0.2) is 6.61 Å². The van der Waals surface area contributed by atoms with Gasteiger partial charge in [-0.15, -0.1) is 0 Å². The fourth-order valence-electron chi connectivity index (χ4n) is 1.91. The molecule has 2 aromatic heterocycles. The average Bonchev–Trinajstić information content (AvgIpc) is 3.24. The number of ether oxygens (including phenoxy) is 2. The molecule has 0 aliphatic carbocycles. The fraction of sp³-hybridized carbons (Fsp3) is 0.133. The average molecular weight is 299 g/mol. The molecule has 0 saturated carbocycles. The largest absolute Gasteiger partial charge is 0.496 e. The van der Waals surface area contributed by atoms with Crippen LogP contribution in [0.25, 0.3) is 11.4 Å². The van der Waals surface area contributed by atoms with Crippen molar-refractivity contribution in [2.45, 2.75) is 6.61 Å². The lowest BCUT2D eigenvalue weighted by Crippen LogP contribution is -2.05. The summed E-state index contributed by atoms with van der Waals surface area (Å²) >= 11 is 0. The molecule has 0 bridgehead atoms. The van der Waals surface area contributed by atoms with E-state index in [0.717, 1.165) is 0 Å². The molecule has 1 aromatic carbocycles. The summed E-state index contributed by atoms with van der Waals surface area (Å²) in [5.41, 5.74) is 1.07. The van der Waals surface area contributed by atoms with Gasteiger partial charge in [-0.3, -0.25) is 0 Å². The van der Waals surface area contributed by atoms with Crippen molar-refractivity contribution in [1.82, 2.24) is 15.1 Å². The molecule has 0 atom stereocenters. The van der Waals surface area contributed by atoms with Gasteiger partial charge in [-0.25, -0.2) is 4.79 Å². The molecule has 112 valence electrons. The third kappa shape index (κ3) is 2.83. The number of aromatic amines is 1. The van der Waals surface area contributed by atoms with Crippen LogP contribution in [0.1, 0.15) is 16.4 Å². The summed E-state index contributed by atoms with van der Waals surface area (Å²) in [6, 6.07) is 10.6. The zero-order chi connectivity index (χ0) is 15.4. The minimum atomic E-state index is -0.484. The van der Waals surface area contributed by atoms with Crippen molar-refractivity contribution in [3.8, 4) is 17.1 Å². The number of benzene rings is 1. The summed E-state index contributed by atoms with van der Waals surface area (Å²) in [5, 5.41) is 3.87. The molecule has 1 N–H and O–H groups in total. The molecule has 0 amide bonds. The normalized spacial score (nSPS) is 10.4. The zero-order valence-electron chi connectivity index (χ0n) is 11.8. The van der Waals surface area contributed by atoms with Crippen LogP contribution in [0.3, 0.4) is 0 Å². The lowest BCUT2D eigenvalue weighted by molar-refractivity contribution is 0.0423. The molecule has 7 heteroatoms. The summed E-state index contributed by atoms with van der Waals surface area (Å²) < 4.78 is 15.4. The molecule has 3 aromatic rings. The van der Waals surface area contributed by atoms with E-state index in [1.807, 2.05) is 18.2 Å². The molecule has 2 heterocycles. The summed E-state index contributed by atoms with van der Waals surface area (Å²) in [6.45, 7) is -0.0972. The molecule has 0 saturated heterocycles. The number of esters is 1. The van der Waals surface area contributed by atoms with Crippen LogP contribution in [-0.4, -0.2) is 28.2 Å². The minimum Gasteiger partial charge on any atom is -0.496 e. The van der Waals surface area contributed by atoms with E-state index in [1.54, 1.807) is 31.5 Å². The van der Waals surface area contributed by atoms with Crippen molar-refractivity contribution < 1.29 is 18.8 Å². The van der Waals surface area contributed by atoms with Crippen molar-refractivity contribution in [2.24, 2.45) is 0 Å². The predicted octanol–water partition coefficient (Wildman–Crippen LogP) is 2.43. The maximum absolute atomic E-state index is 11.7. The molecule has 0 spiro atoms. The number of hydrogen-bond donors (Lipinski definition) is 1. The van der Waals surface area contributed by atoms with Crippen LogP contribution in [0, 0.1) is 0 Å². The Bertz CT molecular complexity index is 765. The van der Waals surface area contributed by atoms with Crippen molar-refractivity contribution >= 4 is 5.97 Å². The molecule has 0 aliphatic heterocycles. The Hall–Kier alpha value is -3.09. The Labute approximate surface area is 125 Å². The van der Waals surface area contributed by atoms with Crippen molar-refractivity contribution in [2.75, 3.05) is 7.11 Å². The Morgan fingerprint density at radius 2 is 2.14 bits per heavy atom. The molecule has 7 nitrogen and oxygen atoms in total. The monoisotopic (exact) mass is 299 g/mol. The van der Waals surface area contributed by atoms with E-state index in [0.29, 0.717) is 22.8 Å². The highest BCUT2D eigenvalue weighted by Crippen LogP contribution is 2.27. The molecule has 0 radical (unpaired) electrons. The van der Waals surface area contributed by atoms with Crippen LogP contribution >= 0.6 is 0 Å². The van der Waals surface area contributed by atoms with Crippen LogP contribution in [-0.2, 0) is 11.3 Å². The number of carbonyl (C=O) groups is 1. The van der Waals surface area contributed by atoms with Gasteiger partial charge in [-0.05, 0) is 24.3 Å². The Morgan fingerprint density at radius 3 is 2.91 bits per heavy atom. The molecule has 22 heavy (non-hydrogen) atoms. The maximum Gasteiger partial charge on any atom is 0.355 e. The Kier molecular flexibility index (Phi) is 3.86. The van der Waals surface area contributed by atoms with E-state index in [-0.39, 0.29) is 12.5 Å². The van der Waals surface area contributed by atoms with Crippen LogP contribution in [0.5, 0.6) is 5.75 Å². The molecule has 0 fully saturated rings. The predicted molar refractivity (Wildman–Crippen MR) is 76.2 cm³/mol. The number of para-hydroxylation sites is 1. The first kappa shape index (κ1) is 13.9. The van der Waals surface area contributed by atoms with E-state index >= 15 is 0 Å². The van der Waals surface area contributed by atoms with E-state index in [1.165, 1.54) is 0 Å². The van der Waals surface area contributed by atoms with Crippen molar-refractivity contribution in [3.05, 3.63) is 54.2 Å². The van der Waals surface area contributed by atoms with E-state index < -0.39 is 5.97 Å². The molecule has 0 aliphatic rings. The van der Waals surface area contributed by atoms with Crippen LogP contribution in [0.4, 0.5) is 0 Å². The number of H-pyrrole nitrogens is 1. The minimum absolute atomic E-state index is 0.0972. The van der Waals surface area contributed by atoms with Crippen molar-refractivity contribution in [3.63, 3.8) is 0 Å². The van der Waals surface area contributed by atoms with Gasteiger partial charge in [0.05, 0.1) is 12.7 Å². The van der Waals surface area contributed by atoms with E-state index in [4.69, 9.17) is 14.0 Å². The highest BCUT2D eigenvalue weighted by atomic mass is 16.6. The Balaban J connectivity index is 1.70. The van der Waals surface area contributed by atoms with Gasteiger partial charge < -0.3 is 19.0 Å². The highest BCUT2D eigenvalue weighted by molar-refractivity contribution is 5.87. The second kappa shape index (κ2) is 6.13. The summed E-state index contributed by atoms with van der Waals surface area (Å²) in [6.07, 6.45) is 1.64. The van der Waals surface area contributed by atoms with Gasteiger partial charge in [0.2, 0.25) is 5.82 Å². The number of nitrogens with zero attached hydrogens (tertiary/aromatic N) is 2. The van der Waals surface area contributed by atoms with E-state index in [2.05, 4.69) is 15.1 Å². The third-order valence-electron chi connectivity index (χ3n) is 2.96. The van der Waals surface area contributed by atoms with Gasteiger partial charge in [0.1, 0.15) is 11.4 Å². The SMILES string of the molecule is COc1ccccc1-c1noc(COC(=O)c2ccc[nH]2)n1. The third-order valence-corrected chi connectivity index (χ3v) is 2.96. The Morgan fingerprint density at radius 1 is 1.27 bits per heavy atom. The summed E-state index contributed by atoms with van der Waals surface area (Å²) in [5.74, 6) is 0.740. The maximum atomic E-state index is 11.7. The first-order valence-electron chi connectivity index (χ1n) is 6.54. The van der Waals surface area contributed by atoms with Crippen LogP contribution < -0.4 is 4.74 Å². The number of nitrogens with one attached hydrogen (secondary N) is 1. The van der Waals surface area contributed by atoms with Crippen LogP contribution in [0.2, 0.25) is 0 Å². The number of hydrogen-bond acceptors (Lipinski definition) is 6. The number of methoxy groups -OCH3 is 1. The quantitative estimate of drug-likeness (QED) is 0.728. The zero-order valence-corrected chi connectivity index (χ0v) is 11.8. The summed E-state index contributed by atoms with van der Waals surface area (Å²) in [4.78, 5) is 18.7. The van der Waals surface area contributed by atoms with Gasteiger partial charge in [0, 0.05) is 6.20 Å². The molecular formula is C15H13N3O4. The van der Waals surface area contributed by atoms with E-state index in [9.17, 15) is 4.79 Å². The summed E-state index contributed by atoms with van der Waals surface area (Å²) in [7, 11) is 1.57. The molecule has 3 rings (SSSR count). The smallest absolute Gasteiger partial charge is 0.355 e. The fourth-order valence-corrected chi connectivity index (χ4v) is 1.91. The second-order valence-electron chi connectivity index (χ2n) is 4.37. The number of rotatable bonds is 5. The topological polar surface area (TPSA) is 90.2 Å². The second-order valence-corrected chi connectivity index (χ2v) is 4.37. The first-order chi connectivity index (χ1) is 10.8. The van der Waals surface area contributed by atoms with Crippen molar-refractivity contribution in [1.29, 1.82) is 0 Å². The highest BCUT2D eigenvalue weighted by Gasteiger charge is 2.15. The molecular weight excluding hydrogens is 286 g/mol. The number of aromatic nitrogens is 3. The lowest BCUT2D eigenvalue weighted by Gasteiger charge is -2.03. The van der Waals surface area contributed by atoms with Gasteiger partial charge >= 0.3 is 5.97 Å². The number of carbonyl (C=O) groups excluding carboxylic acids is 1. The van der Waals surface area contributed by atoms with Gasteiger partial charge in [0.25, 0.3) is 5.89 Å². The van der Waals surface area contributed by atoms with Gasteiger partial charge in [-0.1, -0.05) is 17.3 Å². The molecule has 0 unspecified atom stereocenters. The van der Waals surface area contributed by atoms with Gasteiger partial charge in [-0.2, -0.15) is 4.98 Å².